The summed E-state index contributed by atoms with van der Waals surface area (Å²) in [4.78, 5) is 0. The first-order chi connectivity index (χ1) is 13.8. The molecule has 1 saturated carbocycles. The van der Waals surface area contributed by atoms with E-state index >= 15 is 0 Å². The Morgan fingerprint density at radius 2 is 1.62 bits per heavy atom. The van der Waals surface area contributed by atoms with Crippen LogP contribution in [0.5, 0.6) is 0 Å². The van der Waals surface area contributed by atoms with Gasteiger partial charge in [-0.3, -0.25) is 0 Å². The van der Waals surface area contributed by atoms with Gasteiger partial charge in [0, 0.05) is 0 Å². The van der Waals surface area contributed by atoms with Crippen LogP contribution in [0, 0.1) is 5.92 Å². The molecule has 153 valence electrons. The Hall–Kier alpha value is -0.357. The topological polar surface area (TPSA) is 0 Å². The number of rotatable bonds is 4. The van der Waals surface area contributed by atoms with Crippen molar-refractivity contribution in [2.45, 2.75) is 68.3 Å². The second-order valence-electron chi connectivity index (χ2n) is 9.79. The average molecular weight is 506 g/mol. The number of halogens is 2. The molecule has 0 spiro atoms. The minimum absolute atomic E-state index is 0.174. The first kappa shape index (κ1) is 21.9. The van der Waals surface area contributed by atoms with Gasteiger partial charge in [0.25, 0.3) is 0 Å². The quantitative estimate of drug-likeness (QED) is 0.389. The van der Waals surface area contributed by atoms with Crippen molar-refractivity contribution in [3.8, 4) is 11.1 Å². The molecule has 1 unspecified atom stereocenters. The van der Waals surface area contributed by atoms with Gasteiger partial charge in [0.15, 0.2) is 0 Å². The maximum atomic E-state index is 6.71. The molecule has 2 aliphatic rings. The SMILES string of the molecule is CC(C)(C)c1ccc(-c2cccc3c2C=C(CC2CCCCC2)[CH]3[Zr]([Cl])[Cl])cc1. The van der Waals surface area contributed by atoms with Crippen LogP contribution in [-0.2, 0) is 24.8 Å². The summed E-state index contributed by atoms with van der Waals surface area (Å²) in [5.41, 5.74) is 8.43. The fourth-order valence-electron chi connectivity index (χ4n) is 5.02. The fourth-order valence-corrected chi connectivity index (χ4v) is 10.5. The Bertz CT molecular complexity index is 884. The van der Waals surface area contributed by atoms with Gasteiger partial charge in [0.2, 0.25) is 0 Å². The van der Waals surface area contributed by atoms with E-state index in [0.717, 1.165) is 5.92 Å². The molecule has 0 radical (unpaired) electrons. The van der Waals surface area contributed by atoms with E-state index in [4.69, 9.17) is 17.0 Å². The van der Waals surface area contributed by atoms with Crippen molar-refractivity contribution in [3.63, 3.8) is 0 Å². The van der Waals surface area contributed by atoms with Gasteiger partial charge in [0.1, 0.15) is 0 Å². The van der Waals surface area contributed by atoms with E-state index in [0.29, 0.717) is 3.63 Å². The van der Waals surface area contributed by atoms with Crippen LogP contribution in [0.15, 0.2) is 48.0 Å². The molecule has 2 aliphatic carbocycles. The van der Waals surface area contributed by atoms with Gasteiger partial charge in [0.05, 0.1) is 0 Å². The van der Waals surface area contributed by atoms with Crippen molar-refractivity contribution >= 4 is 23.1 Å². The molecule has 0 saturated heterocycles. The standard InChI is InChI=1S/C26H31.2ClH.Zr/c1-26(2,3)23-14-12-21(13-15-23)24-11-7-10-22-17-20(18-25(22)24)16-19-8-5-4-6-9-19;;;/h7,10-15,17-19H,4-6,8-9,16H2,1-3H3;2*1H;/q;;;+2/p-2. The van der Waals surface area contributed by atoms with E-state index in [1.807, 2.05) is 0 Å². The van der Waals surface area contributed by atoms with E-state index in [2.05, 4.69) is 69.3 Å². The van der Waals surface area contributed by atoms with E-state index in [-0.39, 0.29) is 5.41 Å². The van der Waals surface area contributed by atoms with Gasteiger partial charge in [-0.15, -0.1) is 0 Å². The monoisotopic (exact) mass is 503 g/mol. The molecule has 1 atom stereocenters. The van der Waals surface area contributed by atoms with Crippen LogP contribution in [0.2, 0.25) is 0 Å². The molecular weight excluding hydrogens is 474 g/mol. The molecular formula is C26H31Cl2Zr. The Morgan fingerprint density at radius 3 is 2.24 bits per heavy atom. The summed E-state index contributed by atoms with van der Waals surface area (Å²) in [6.07, 6.45) is 10.5. The summed E-state index contributed by atoms with van der Waals surface area (Å²) < 4.78 is 0.325. The molecule has 4 rings (SSSR count). The molecule has 1 fully saturated rings. The van der Waals surface area contributed by atoms with Crippen LogP contribution >= 0.6 is 17.0 Å². The van der Waals surface area contributed by atoms with E-state index in [9.17, 15) is 0 Å². The summed E-state index contributed by atoms with van der Waals surface area (Å²) >= 11 is -2.47. The minimum atomic E-state index is -2.47. The van der Waals surface area contributed by atoms with Crippen molar-refractivity contribution in [1.29, 1.82) is 0 Å². The Morgan fingerprint density at radius 1 is 0.931 bits per heavy atom. The van der Waals surface area contributed by atoms with Gasteiger partial charge >= 0.3 is 193 Å². The van der Waals surface area contributed by atoms with Crippen LogP contribution in [0.25, 0.3) is 17.2 Å². The number of hydrogen-bond acceptors (Lipinski definition) is 0. The Balaban J connectivity index is 1.69. The van der Waals surface area contributed by atoms with Crippen molar-refractivity contribution in [1.82, 2.24) is 0 Å². The molecule has 0 heterocycles. The van der Waals surface area contributed by atoms with E-state index in [1.54, 1.807) is 0 Å². The van der Waals surface area contributed by atoms with Gasteiger partial charge in [-0.1, -0.05) is 0 Å². The first-order valence-electron chi connectivity index (χ1n) is 11.0. The number of benzene rings is 2. The zero-order valence-corrected chi connectivity index (χ0v) is 21.7. The molecule has 29 heavy (non-hydrogen) atoms. The van der Waals surface area contributed by atoms with Gasteiger partial charge in [-0.05, 0) is 0 Å². The van der Waals surface area contributed by atoms with Crippen LogP contribution in [0.1, 0.15) is 79.6 Å². The molecule has 0 aliphatic heterocycles. The zero-order chi connectivity index (χ0) is 20.6. The third-order valence-corrected chi connectivity index (χ3v) is 12.0. The van der Waals surface area contributed by atoms with Crippen molar-refractivity contribution in [2.24, 2.45) is 5.92 Å². The molecule has 2 aromatic rings. The number of hydrogen-bond donors (Lipinski definition) is 0. The molecule has 0 nitrogen and oxygen atoms in total. The third-order valence-electron chi connectivity index (χ3n) is 6.68. The van der Waals surface area contributed by atoms with E-state index < -0.39 is 19.4 Å². The zero-order valence-electron chi connectivity index (χ0n) is 17.8. The van der Waals surface area contributed by atoms with Crippen molar-refractivity contribution in [2.75, 3.05) is 0 Å². The predicted molar refractivity (Wildman–Crippen MR) is 124 cm³/mol. The molecule has 0 N–H and O–H groups in total. The van der Waals surface area contributed by atoms with Gasteiger partial charge in [-0.25, -0.2) is 0 Å². The summed E-state index contributed by atoms with van der Waals surface area (Å²) in [5, 5.41) is 0. The summed E-state index contributed by atoms with van der Waals surface area (Å²) in [6, 6.07) is 15.8. The second kappa shape index (κ2) is 9.02. The van der Waals surface area contributed by atoms with Gasteiger partial charge in [-0.2, -0.15) is 0 Å². The predicted octanol–water partition coefficient (Wildman–Crippen LogP) is 8.99. The van der Waals surface area contributed by atoms with Crippen LogP contribution < -0.4 is 0 Å². The van der Waals surface area contributed by atoms with Crippen molar-refractivity contribution < 1.29 is 19.4 Å². The molecule has 2 aromatic carbocycles. The first-order valence-corrected chi connectivity index (χ1v) is 18.7. The van der Waals surface area contributed by atoms with Gasteiger partial charge < -0.3 is 0 Å². The third kappa shape index (κ3) is 4.78. The van der Waals surface area contributed by atoms with Crippen LogP contribution in [0.4, 0.5) is 0 Å². The molecule has 0 aromatic heterocycles. The molecule has 3 heteroatoms. The Kier molecular flexibility index (Phi) is 6.80. The summed E-state index contributed by atoms with van der Waals surface area (Å²) in [7, 11) is 13.4. The number of allylic oxidation sites excluding steroid dienone is 1. The average Bonchev–Trinajstić information content (AvgIpc) is 3.06. The number of fused-ring (bicyclic) bond motifs is 1. The summed E-state index contributed by atoms with van der Waals surface area (Å²) in [5.74, 6) is 0.817. The summed E-state index contributed by atoms with van der Waals surface area (Å²) in [6.45, 7) is 6.79. The second-order valence-corrected chi connectivity index (χ2v) is 18.6. The maximum absolute atomic E-state index is 6.71. The van der Waals surface area contributed by atoms with Crippen LogP contribution in [-0.4, -0.2) is 0 Å². The van der Waals surface area contributed by atoms with E-state index in [1.165, 1.54) is 71.9 Å². The normalized spacial score (nSPS) is 19.8. The molecule has 0 bridgehead atoms. The molecule has 0 amide bonds. The fraction of sp³-hybridized carbons (Fsp3) is 0.462. The Labute approximate surface area is 191 Å². The van der Waals surface area contributed by atoms with Crippen LogP contribution in [0.3, 0.4) is 0 Å². The van der Waals surface area contributed by atoms with Crippen molar-refractivity contribution in [3.05, 3.63) is 64.7 Å².